The Morgan fingerprint density at radius 3 is 2.42 bits per heavy atom. The molecule has 124 valence electrons. The minimum absolute atomic E-state index is 0.468. The van der Waals surface area contributed by atoms with Crippen LogP contribution in [0.15, 0.2) is 57.5 Å². The molecule has 0 atom stereocenters. The molecule has 0 fully saturated rings. The molecular weight excluding hydrogens is 357 g/mol. The molecule has 0 saturated heterocycles. The number of amidine groups is 1. The van der Waals surface area contributed by atoms with Crippen molar-refractivity contribution < 1.29 is 13.2 Å². The van der Waals surface area contributed by atoms with Gasteiger partial charge in [0.25, 0.3) is 0 Å². The van der Waals surface area contributed by atoms with Crippen molar-refractivity contribution in [3.63, 3.8) is 0 Å². The van der Waals surface area contributed by atoms with Crippen LogP contribution in [0.25, 0.3) is 0 Å². The fourth-order valence-corrected chi connectivity index (χ4v) is 2.71. The fourth-order valence-electron chi connectivity index (χ4n) is 1.61. The van der Waals surface area contributed by atoms with Crippen molar-refractivity contribution in [2.75, 3.05) is 6.26 Å². The Labute approximate surface area is 145 Å². The number of benzene rings is 1. The molecule has 0 aliphatic carbocycles. The topological polar surface area (TPSA) is 61.1 Å². The number of aromatic nitrogens is 1. The van der Waals surface area contributed by atoms with Gasteiger partial charge in [0.15, 0.2) is 11.4 Å². The van der Waals surface area contributed by atoms with Crippen LogP contribution >= 0.6 is 23.5 Å². The normalized spacial score (nSPS) is 11.9. The first-order valence-electron chi connectivity index (χ1n) is 6.51. The second-order valence-electron chi connectivity index (χ2n) is 4.34. The molecule has 0 aliphatic heterocycles. The van der Waals surface area contributed by atoms with Crippen LogP contribution in [0, 0.1) is 11.5 Å². The van der Waals surface area contributed by atoms with Gasteiger partial charge in [0.2, 0.25) is 0 Å². The molecule has 0 amide bonds. The minimum atomic E-state index is -4.39. The van der Waals surface area contributed by atoms with Crippen molar-refractivity contribution in [1.82, 2.24) is 10.3 Å². The zero-order chi connectivity index (χ0) is 17.6. The summed E-state index contributed by atoms with van der Waals surface area (Å²) in [6.45, 7) is 0. The summed E-state index contributed by atoms with van der Waals surface area (Å²) in [6.07, 6.45) is 0.0315. The van der Waals surface area contributed by atoms with Gasteiger partial charge in [-0.25, -0.2) is 9.98 Å². The maximum absolute atomic E-state index is 12.5. The summed E-state index contributed by atoms with van der Waals surface area (Å²) in [4.78, 5) is 8.88. The standard InChI is InChI=1S/C15H11F3N4S2/c1-23-14(21-9-19)22-11-3-5-12(6-4-11)24-13-7-2-10(8-20-13)15(16,17)18/h2-8H,1H3,(H,21,22). The highest BCUT2D eigenvalue weighted by Crippen LogP contribution is 2.32. The highest BCUT2D eigenvalue weighted by Gasteiger charge is 2.30. The van der Waals surface area contributed by atoms with Crippen molar-refractivity contribution in [2.45, 2.75) is 16.1 Å². The van der Waals surface area contributed by atoms with Gasteiger partial charge in [-0.15, -0.1) is 0 Å². The number of nitrogens with one attached hydrogen (secondary N) is 1. The zero-order valence-electron chi connectivity index (χ0n) is 12.3. The van der Waals surface area contributed by atoms with Gasteiger partial charge < -0.3 is 0 Å². The van der Waals surface area contributed by atoms with Crippen LogP contribution in [0.4, 0.5) is 18.9 Å². The molecule has 4 nitrogen and oxygen atoms in total. The van der Waals surface area contributed by atoms with Crippen molar-refractivity contribution in [1.29, 1.82) is 5.26 Å². The first-order valence-corrected chi connectivity index (χ1v) is 8.55. The molecule has 0 bridgehead atoms. The van der Waals surface area contributed by atoms with Crippen LogP contribution in [0.5, 0.6) is 0 Å². The number of alkyl halides is 3. The number of nitriles is 1. The average Bonchev–Trinajstić information content (AvgIpc) is 2.56. The summed E-state index contributed by atoms with van der Waals surface area (Å²) in [5.41, 5.74) is -0.113. The summed E-state index contributed by atoms with van der Waals surface area (Å²) in [7, 11) is 0. The Balaban J connectivity index is 2.08. The molecular formula is C15H11F3N4S2. The van der Waals surface area contributed by atoms with Crippen molar-refractivity contribution >= 4 is 34.4 Å². The van der Waals surface area contributed by atoms with Crippen molar-refractivity contribution in [3.05, 3.63) is 48.2 Å². The number of pyridine rings is 1. The Kier molecular flexibility index (Phi) is 6.11. The Morgan fingerprint density at radius 2 is 1.92 bits per heavy atom. The first-order chi connectivity index (χ1) is 11.4. The highest BCUT2D eigenvalue weighted by molar-refractivity contribution is 8.13. The fraction of sp³-hybridized carbons (Fsp3) is 0.133. The average molecular weight is 368 g/mol. The Morgan fingerprint density at radius 1 is 1.21 bits per heavy atom. The van der Waals surface area contributed by atoms with Gasteiger partial charge in [-0.3, -0.25) is 5.32 Å². The molecule has 1 aromatic heterocycles. The first kappa shape index (κ1) is 18.2. The smallest absolute Gasteiger partial charge is 0.271 e. The number of aliphatic imine (C=N–C) groups is 1. The van der Waals surface area contributed by atoms with E-state index in [1.165, 1.54) is 29.6 Å². The van der Waals surface area contributed by atoms with Gasteiger partial charge in [0.1, 0.15) is 5.03 Å². The van der Waals surface area contributed by atoms with E-state index in [0.717, 1.165) is 17.2 Å². The number of hydrogen-bond donors (Lipinski definition) is 1. The monoisotopic (exact) mass is 368 g/mol. The van der Waals surface area contributed by atoms with Crippen LogP contribution in [0.3, 0.4) is 0 Å². The van der Waals surface area contributed by atoms with Gasteiger partial charge in [-0.2, -0.15) is 18.4 Å². The molecule has 2 rings (SSSR count). The predicted molar refractivity (Wildman–Crippen MR) is 89.2 cm³/mol. The Hall–Kier alpha value is -2.18. The van der Waals surface area contributed by atoms with Crippen LogP contribution in [-0.4, -0.2) is 16.4 Å². The largest absolute Gasteiger partial charge is 0.417 e. The lowest BCUT2D eigenvalue weighted by Crippen LogP contribution is -2.12. The molecule has 24 heavy (non-hydrogen) atoms. The second kappa shape index (κ2) is 8.08. The number of thioether (sulfide) groups is 1. The summed E-state index contributed by atoms with van der Waals surface area (Å²) >= 11 is 2.56. The summed E-state index contributed by atoms with van der Waals surface area (Å²) in [5.74, 6) is 0. The van der Waals surface area contributed by atoms with E-state index in [9.17, 15) is 13.2 Å². The quantitative estimate of drug-likeness (QED) is 0.369. The SMILES string of the molecule is CSC(=Nc1ccc(Sc2ccc(C(F)(F)F)cn2)cc1)NC#N. The summed E-state index contributed by atoms with van der Waals surface area (Å²) in [6, 6.07) is 9.41. The van der Waals surface area contributed by atoms with Gasteiger partial charge in [0, 0.05) is 11.1 Å². The Bertz CT molecular complexity index is 750. The zero-order valence-corrected chi connectivity index (χ0v) is 14.0. The third-order valence-electron chi connectivity index (χ3n) is 2.71. The number of nitrogens with zero attached hydrogens (tertiary/aromatic N) is 3. The third kappa shape index (κ3) is 5.18. The van der Waals surface area contributed by atoms with E-state index in [4.69, 9.17) is 5.26 Å². The van der Waals surface area contributed by atoms with E-state index < -0.39 is 11.7 Å². The lowest BCUT2D eigenvalue weighted by Gasteiger charge is -2.07. The maximum atomic E-state index is 12.5. The molecule has 1 N–H and O–H groups in total. The van der Waals surface area contributed by atoms with Gasteiger partial charge in [-0.05, 0) is 42.7 Å². The van der Waals surface area contributed by atoms with Crippen LogP contribution < -0.4 is 5.32 Å². The summed E-state index contributed by atoms with van der Waals surface area (Å²) < 4.78 is 37.5. The van der Waals surface area contributed by atoms with E-state index in [1.54, 1.807) is 36.7 Å². The van der Waals surface area contributed by atoms with Gasteiger partial charge in [-0.1, -0.05) is 23.5 Å². The molecule has 1 aromatic carbocycles. The summed E-state index contributed by atoms with van der Waals surface area (Å²) in [5, 5.41) is 12.0. The van der Waals surface area contributed by atoms with Crippen molar-refractivity contribution in [2.24, 2.45) is 4.99 Å². The molecule has 0 saturated carbocycles. The van der Waals surface area contributed by atoms with Gasteiger partial charge >= 0.3 is 6.18 Å². The molecule has 0 aliphatic rings. The highest BCUT2D eigenvalue weighted by atomic mass is 32.2. The van der Waals surface area contributed by atoms with E-state index >= 15 is 0 Å². The molecule has 0 unspecified atom stereocenters. The predicted octanol–water partition coefficient (Wildman–Crippen LogP) is 4.67. The molecule has 9 heteroatoms. The number of rotatable bonds is 3. The molecule has 2 aromatic rings. The van der Waals surface area contributed by atoms with E-state index in [-0.39, 0.29) is 0 Å². The third-order valence-corrected chi connectivity index (χ3v) is 4.25. The van der Waals surface area contributed by atoms with Gasteiger partial charge in [0.05, 0.1) is 11.3 Å². The second-order valence-corrected chi connectivity index (χ2v) is 6.23. The van der Waals surface area contributed by atoms with Crippen LogP contribution in [0.2, 0.25) is 0 Å². The number of halogens is 3. The molecule has 0 spiro atoms. The van der Waals surface area contributed by atoms with E-state index in [2.05, 4.69) is 15.3 Å². The van der Waals surface area contributed by atoms with Crippen LogP contribution in [0.1, 0.15) is 5.56 Å². The maximum Gasteiger partial charge on any atom is 0.417 e. The lowest BCUT2D eigenvalue weighted by molar-refractivity contribution is -0.137. The lowest BCUT2D eigenvalue weighted by atomic mass is 10.3. The minimum Gasteiger partial charge on any atom is -0.271 e. The molecule has 0 radical (unpaired) electrons. The van der Waals surface area contributed by atoms with E-state index in [1.807, 2.05) is 0 Å². The number of hydrogen-bond acceptors (Lipinski definition) is 5. The van der Waals surface area contributed by atoms with Crippen molar-refractivity contribution in [3.8, 4) is 6.19 Å². The molecule has 1 heterocycles. The van der Waals surface area contributed by atoms with Crippen LogP contribution in [-0.2, 0) is 6.18 Å². The van der Waals surface area contributed by atoms with E-state index in [0.29, 0.717) is 15.9 Å².